The van der Waals surface area contributed by atoms with Crippen molar-refractivity contribution in [2.75, 3.05) is 14.2 Å². The summed E-state index contributed by atoms with van der Waals surface area (Å²) in [5.74, 6) is -0.511. The normalized spacial score (nSPS) is 10.8. The number of nitro benzene ring substituents is 1. The Bertz CT molecular complexity index is 405. The molecule has 0 bridgehead atoms. The molecule has 0 heterocycles. The minimum absolute atomic E-state index is 0.115. The number of hydrogen-bond donors (Lipinski definition) is 1. The van der Waals surface area contributed by atoms with Gasteiger partial charge in [0.2, 0.25) is 5.75 Å². The highest BCUT2D eigenvalue weighted by atomic mass is 35.5. The molecule has 0 saturated heterocycles. The molecule has 0 saturated carbocycles. The van der Waals surface area contributed by atoms with Gasteiger partial charge in [0, 0.05) is 25.3 Å². The summed E-state index contributed by atoms with van der Waals surface area (Å²) in [6.07, 6.45) is -0.905. The molecule has 0 aromatic heterocycles. The van der Waals surface area contributed by atoms with Crippen LogP contribution in [0.2, 0.25) is 5.02 Å². The third-order valence-corrected chi connectivity index (χ3v) is 2.18. The average Bonchev–Trinajstić information content (AvgIpc) is 2.23. The zero-order chi connectivity index (χ0) is 12.3. The molecule has 6 nitrogen and oxygen atoms in total. The molecule has 7 heteroatoms. The Balaban J connectivity index is 3.33. The number of phenols is 1. The molecule has 1 aromatic carbocycles. The molecule has 0 atom stereocenters. The van der Waals surface area contributed by atoms with Gasteiger partial charge in [-0.15, -0.1) is 0 Å². The van der Waals surface area contributed by atoms with E-state index in [9.17, 15) is 15.2 Å². The maximum atomic E-state index is 10.6. The quantitative estimate of drug-likeness (QED) is 0.501. The summed E-state index contributed by atoms with van der Waals surface area (Å²) in [6, 6.07) is 2.41. The van der Waals surface area contributed by atoms with Crippen LogP contribution in [0.15, 0.2) is 12.1 Å². The highest BCUT2D eigenvalue weighted by Crippen LogP contribution is 2.37. The van der Waals surface area contributed by atoms with E-state index in [1.807, 2.05) is 0 Å². The average molecular weight is 248 g/mol. The van der Waals surface area contributed by atoms with Gasteiger partial charge in [-0.2, -0.15) is 0 Å². The predicted molar refractivity (Wildman–Crippen MR) is 56.5 cm³/mol. The number of nitro groups is 1. The Morgan fingerprint density at radius 3 is 2.44 bits per heavy atom. The van der Waals surface area contributed by atoms with Crippen LogP contribution in [-0.2, 0) is 9.47 Å². The highest BCUT2D eigenvalue weighted by molar-refractivity contribution is 6.31. The molecule has 0 spiro atoms. The van der Waals surface area contributed by atoms with E-state index >= 15 is 0 Å². The lowest BCUT2D eigenvalue weighted by Gasteiger charge is -2.15. The second kappa shape index (κ2) is 5.11. The zero-order valence-corrected chi connectivity index (χ0v) is 9.39. The minimum Gasteiger partial charge on any atom is -0.502 e. The van der Waals surface area contributed by atoms with Crippen molar-refractivity contribution in [1.82, 2.24) is 0 Å². The van der Waals surface area contributed by atoms with Gasteiger partial charge in [0.15, 0.2) is 6.29 Å². The topological polar surface area (TPSA) is 81.8 Å². The fraction of sp³-hybridized carbons (Fsp3) is 0.333. The molecule has 16 heavy (non-hydrogen) atoms. The van der Waals surface area contributed by atoms with Crippen molar-refractivity contribution in [2.24, 2.45) is 0 Å². The number of benzene rings is 1. The lowest BCUT2D eigenvalue weighted by Crippen LogP contribution is -2.05. The molecule has 0 aliphatic heterocycles. The van der Waals surface area contributed by atoms with Crippen LogP contribution in [0.1, 0.15) is 11.9 Å². The van der Waals surface area contributed by atoms with Crippen LogP contribution in [0, 0.1) is 10.1 Å². The van der Waals surface area contributed by atoms with Crippen molar-refractivity contribution in [3.63, 3.8) is 0 Å². The summed E-state index contributed by atoms with van der Waals surface area (Å²) in [7, 11) is 2.70. The van der Waals surface area contributed by atoms with E-state index in [1.54, 1.807) is 0 Å². The Morgan fingerprint density at radius 1 is 1.44 bits per heavy atom. The van der Waals surface area contributed by atoms with Crippen molar-refractivity contribution in [3.8, 4) is 5.75 Å². The Kier molecular flexibility index (Phi) is 4.05. The third kappa shape index (κ3) is 2.41. The molecular weight excluding hydrogens is 238 g/mol. The highest BCUT2D eigenvalue weighted by Gasteiger charge is 2.23. The number of halogens is 1. The summed E-state index contributed by atoms with van der Waals surface area (Å²) >= 11 is 5.70. The smallest absolute Gasteiger partial charge is 0.312 e. The summed E-state index contributed by atoms with van der Waals surface area (Å²) < 4.78 is 9.79. The molecule has 0 amide bonds. The van der Waals surface area contributed by atoms with E-state index in [-0.39, 0.29) is 10.6 Å². The first-order chi connectivity index (χ1) is 7.51. The number of nitrogens with zero attached hydrogens (tertiary/aromatic N) is 1. The number of methoxy groups -OCH3 is 2. The predicted octanol–water partition coefficient (Wildman–Crippen LogP) is 2.25. The molecule has 1 rings (SSSR count). The molecule has 0 aliphatic carbocycles. The second-order valence-electron chi connectivity index (χ2n) is 2.92. The number of phenolic OH excluding ortho intramolecular Hbond substituents is 1. The van der Waals surface area contributed by atoms with Gasteiger partial charge in [-0.3, -0.25) is 10.1 Å². The zero-order valence-electron chi connectivity index (χ0n) is 8.64. The summed E-state index contributed by atoms with van der Waals surface area (Å²) in [5, 5.41) is 20.4. The Morgan fingerprint density at radius 2 is 2.00 bits per heavy atom. The Labute approximate surface area is 96.5 Å². The number of ether oxygens (including phenoxy) is 2. The van der Waals surface area contributed by atoms with E-state index in [0.29, 0.717) is 0 Å². The first-order valence-corrected chi connectivity index (χ1v) is 4.61. The maximum Gasteiger partial charge on any atom is 0.312 e. The fourth-order valence-corrected chi connectivity index (χ4v) is 1.50. The van der Waals surface area contributed by atoms with E-state index in [4.69, 9.17) is 21.1 Å². The van der Waals surface area contributed by atoms with Crippen LogP contribution in [0.3, 0.4) is 0 Å². The second-order valence-corrected chi connectivity index (χ2v) is 3.36. The molecular formula is C9H10ClNO5. The molecule has 0 radical (unpaired) electrons. The standard InChI is InChI=1S/C9H10ClNO5/c1-15-9(16-2)6-3-5(10)4-7(8(6)12)11(13)14/h3-4,9,12H,1-2H3. The van der Waals surface area contributed by atoms with E-state index in [1.165, 1.54) is 20.3 Å². The molecule has 1 aromatic rings. The van der Waals surface area contributed by atoms with Crippen LogP contribution in [0.5, 0.6) is 5.75 Å². The van der Waals surface area contributed by atoms with Crippen LogP contribution in [0.4, 0.5) is 5.69 Å². The van der Waals surface area contributed by atoms with Gasteiger partial charge in [0.1, 0.15) is 0 Å². The monoisotopic (exact) mass is 247 g/mol. The molecule has 0 unspecified atom stereocenters. The van der Waals surface area contributed by atoms with Crippen molar-refractivity contribution in [2.45, 2.75) is 6.29 Å². The van der Waals surface area contributed by atoms with Crippen molar-refractivity contribution >= 4 is 17.3 Å². The first-order valence-electron chi connectivity index (χ1n) is 4.23. The van der Waals surface area contributed by atoms with E-state index in [2.05, 4.69) is 0 Å². The molecule has 88 valence electrons. The van der Waals surface area contributed by atoms with Gasteiger partial charge in [-0.1, -0.05) is 11.6 Å². The fourth-order valence-electron chi connectivity index (χ4n) is 1.27. The Hall–Kier alpha value is -1.37. The lowest BCUT2D eigenvalue weighted by molar-refractivity contribution is -0.386. The lowest BCUT2D eigenvalue weighted by atomic mass is 10.1. The van der Waals surface area contributed by atoms with Crippen LogP contribution >= 0.6 is 11.6 Å². The SMILES string of the molecule is COC(OC)c1cc(Cl)cc([N+](=O)[O-])c1O. The van der Waals surface area contributed by atoms with Gasteiger partial charge in [-0.25, -0.2) is 0 Å². The van der Waals surface area contributed by atoms with Crippen molar-refractivity contribution < 1.29 is 19.5 Å². The largest absolute Gasteiger partial charge is 0.502 e. The van der Waals surface area contributed by atoms with Crippen molar-refractivity contribution in [3.05, 3.63) is 32.8 Å². The summed E-state index contributed by atoms with van der Waals surface area (Å²) in [5.41, 5.74) is -0.370. The number of hydrogen-bond acceptors (Lipinski definition) is 5. The first kappa shape index (κ1) is 12.7. The summed E-state index contributed by atoms with van der Waals surface area (Å²) in [6.45, 7) is 0. The van der Waals surface area contributed by atoms with Gasteiger partial charge in [0.05, 0.1) is 10.5 Å². The third-order valence-electron chi connectivity index (χ3n) is 1.96. The van der Waals surface area contributed by atoms with Gasteiger partial charge >= 0.3 is 5.69 Å². The molecule has 0 fully saturated rings. The molecule has 1 N–H and O–H groups in total. The number of rotatable bonds is 4. The van der Waals surface area contributed by atoms with E-state index < -0.39 is 22.7 Å². The van der Waals surface area contributed by atoms with Crippen LogP contribution < -0.4 is 0 Å². The van der Waals surface area contributed by atoms with Gasteiger partial charge in [0.25, 0.3) is 0 Å². The number of aromatic hydroxyl groups is 1. The minimum atomic E-state index is -0.905. The van der Waals surface area contributed by atoms with E-state index in [0.717, 1.165) is 6.07 Å². The van der Waals surface area contributed by atoms with Crippen molar-refractivity contribution in [1.29, 1.82) is 0 Å². The maximum absolute atomic E-state index is 10.6. The molecule has 0 aliphatic rings. The van der Waals surface area contributed by atoms with Crippen LogP contribution in [-0.4, -0.2) is 24.2 Å². The van der Waals surface area contributed by atoms with Crippen LogP contribution in [0.25, 0.3) is 0 Å². The van der Waals surface area contributed by atoms with Gasteiger partial charge < -0.3 is 14.6 Å². The van der Waals surface area contributed by atoms with Gasteiger partial charge in [-0.05, 0) is 6.07 Å². The summed E-state index contributed by atoms with van der Waals surface area (Å²) in [4.78, 5) is 9.90.